The highest BCUT2D eigenvalue weighted by atomic mass is 32.1. The summed E-state index contributed by atoms with van der Waals surface area (Å²) in [5.41, 5.74) is 0.0749. The van der Waals surface area contributed by atoms with E-state index in [4.69, 9.17) is 5.11 Å². The van der Waals surface area contributed by atoms with Gasteiger partial charge in [0.25, 0.3) is 0 Å². The molecule has 0 unspecified atom stereocenters. The van der Waals surface area contributed by atoms with Crippen LogP contribution in [0.2, 0.25) is 0 Å². The first kappa shape index (κ1) is 15.6. The number of thiazole rings is 1. The molecule has 1 aromatic heterocycles. The molecule has 0 aromatic carbocycles. The smallest absolute Gasteiger partial charge is 0.355 e. The monoisotopic (exact) mass is 284 g/mol. The second-order valence-corrected chi connectivity index (χ2v) is 5.28. The fraction of sp³-hybridized carbons (Fsp3) is 0.615. The number of hydrogen-bond donors (Lipinski definition) is 2. The summed E-state index contributed by atoms with van der Waals surface area (Å²) in [6.07, 6.45) is 5.51. The lowest BCUT2D eigenvalue weighted by Crippen LogP contribution is -2.25. The van der Waals surface area contributed by atoms with Gasteiger partial charge in [-0.25, -0.2) is 9.78 Å². The number of aromatic nitrogens is 1. The van der Waals surface area contributed by atoms with Crippen LogP contribution in [0.5, 0.6) is 0 Å². The third kappa shape index (κ3) is 6.33. The number of nitrogens with one attached hydrogen (secondary N) is 1. The maximum absolute atomic E-state index is 11.5. The third-order valence-corrected chi connectivity index (χ3v) is 3.60. The summed E-state index contributed by atoms with van der Waals surface area (Å²) < 4.78 is 0. The van der Waals surface area contributed by atoms with E-state index in [0.29, 0.717) is 19.4 Å². The first-order chi connectivity index (χ1) is 9.13. The van der Waals surface area contributed by atoms with Crippen LogP contribution in [-0.4, -0.2) is 28.5 Å². The van der Waals surface area contributed by atoms with Gasteiger partial charge < -0.3 is 10.4 Å². The van der Waals surface area contributed by atoms with Crippen LogP contribution in [0.3, 0.4) is 0 Å². The van der Waals surface area contributed by atoms with E-state index in [0.717, 1.165) is 24.3 Å². The van der Waals surface area contributed by atoms with Crippen LogP contribution in [0.15, 0.2) is 5.38 Å². The van der Waals surface area contributed by atoms with Crippen molar-refractivity contribution in [3.63, 3.8) is 0 Å². The Kier molecular flexibility index (Phi) is 7.10. The lowest BCUT2D eigenvalue weighted by molar-refractivity contribution is -0.121. The number of nitrogens with zero attached hydrogens (tertiary/aromatic N) is 1. The number of rotatable bonds is 9. The Morgan fingerprint density at radius 2 is 2.16 bits per heavy atom. The molecule has 0 aliphatic heterocycles. The van der Waals surface area contributed by atoms with Crippen molar-refractivity contribution in [1.82, 2.24) is 10.3 Å². The molecule has 0 aliphatic carbocycles. The van der Waals surface area contributed by atoms with E-state index in [-0.39, 0.29) is 11.6 Å². The molecule has 1 aromatic rings. The molecule has 2 N–H and O–H groups in total. The molecule has 0 atom stereocenters. The van der Waals surface area contributed by atoms with Crippen molar-refractivity contribution in [2.75, 3.05) is 6.54 Å². The van der Waals surface area contributed by atoms with Crippen LogP contribution in [-0.2, 0) is 11.2 Å². The predicted octanol–water partition coefficient (Wildman–Crippen LogP) is 2.47. The summed E-state index contributed by atoms with van der Waals surface area (Å²) in [5, 5.41) is 13.8. The molecule has 19 heavy (non-hydrogen) atoms. The Balaban J connectivity index is 2.15. The maximum Gasteiger partial charge on any atom is 0.355 e. The van der Waals surface area contributed by atoms with Crippen molar-refractivity contribution in [2.45, 2.75) is 45.4 Å². The second kappa shape index (κ2) is 8.63. The summed E-state index contributed by atoms with van der Waals surface area (Å²) >= 11 is 1.31. The zero-order chi connectivity index (χ0) is 14.1. The minimum atomic E-state index is -1.01. The van der Waals surface area contributed by atoms with E-state index in [2.05, 4.69) is 17.2 Å². The molecule has 0 fully saturated rings. The number of amides is 1. The summed E-state index contributed by atoms with van der Waals surface area (Å²) in [6.45, 7) is 2.65. The molecule has 0 aliphatic rings. The van der Waals surface area contributed by atoms with E-state index in [1.54, 1.807) is 0 Å². The normalized spacial score (nSPS) is 10.4. The minimum Gasteiger partial charge on any atom is -0.476 e. The van der Waals surface area contributed by atoms with Gasteiger partial charge in [0.05, 0.1) is 5.01 Å². The van der Waals surface area contributed by atoms with Gasteiger partial charge in [-0.1, -0.05) is 26.2 Å². The molecular weight excluding hydrogens is 264 g/mol. The highest BCUT2D eigenvalue weighted by Gasteiger charge is 2.08. The molecule has 1 amide bonds. The summed E-state index contributed by atoms with van der Waals surface area (Å²) in [6, 6.07) is 0. The topological polar surface area (TPSA) is 79.3 Å². The number of carboxylic acid groups (broad SMARTS) is 1. The van der Waals surface area contributed by atoms with Crippen molar-refractivity contribution < 1.29 is 14.7 Å². The van der Waals surface area contributed by atoms with Crippen LogP contribution in [0.4, 0.5) is 0 Å². The van der Waals surface area contributed by atoms with E-state index in [1.807, 2.05) is 0 Å². The van der Waals surface area contributed by atoms with Gasteiger partial charge in [-0.3, -0.25) is 4.79 Å². The van der Waals surface area contributed by atoms with Crippen LogP contribution >= 0.6 is 11.3 Å². The molecule has 0 saturated carbocycles. The number of hydrogen-bond acceptors (Lipinski definition) is 4. The number of aromatic carboxylic acids is 1. The van der Waals surface area contributed by atoms with Crippen molar-refractivity contribution >= 4 is 23.2 Å². The standard InChI is InChI=1S/C13H20N2O3S/c1-2-3-4-5-6-11(16)14-8-7-12-15-10(9-19-12)13(17)18/h9H,2-8H2,1H3,(H,14,16)(H,17,18). The van der Waals surface area contributed by atoms with E-state index in [1.165, 1.54) is 23.1 Å². The quantitative estimate of drug-likeness (QED) is 0.683. The van der Waals surface area contributed by atoms with Gasteiger partial charge in [0.15, 0.2) is 5.69 Å². The van der Waals surface area contributed by atoms with Gasteiger partial charge in [-0.15, -0.1) is 11.3 Å². The fourth-order valence-corrected chi connectivity index (χ4v) is 2.41. The molecule has 0 saturated heterocycles. The summed E-state index contributed by atoms with van der Waals surface area (Å²) in [4.78, 5) is 26.1. The Morgan fingerprint density at radius 1 is 1.37 bits per heavy atom. The first-order valence-electron chi connectivity index (χ1n) is 6.58. The number of carbonyl (C=O) groups excluding carboxylic acids is 1. The highest BCUT2D eigenvalue weighted by molar-refractivity contribution is 7.09. The van der Waals surface area contributed by atoms with Crippen molar-refractivity contribution in [3.05, 3.63) is 16.1 Å². The van der Waals surface area contributed by atoms with Crippen molar-refractivity contribution in [2.24, 2.45) is 0 Å². The summed E-state index contributed by atoms with van der Waals surface area (Å²) in [7, 11) is 0. The molecule has 0 radical (unpaired) electrons. The van der Waals surface area contributed by atoms with Crippen molar-refractivity contribution in [3.8, 4) is 0 Å². The number of carboxylic acids is 1. The van der Waals surface area contributed by atoms with E-state index in [9.17, 15) is 9.59 Å². The maximum atomic E-state index is 11.5. The Morgan fingerprint density at radius 3 is 2.79 bits per heavy atom. The Bertz CT molecular complexity index is 418. The molecule has 5 nitrogen and oxygen atoms in total. The SMILES string of the molecule is CCCCCCC(=O)NCCc1nc(C(=O)O)cs1. The Labute approximate surface area is 117 Å². The number of unbranched alkanes of at least 4 members (excludes halogenated alkanes) is 3. The van der Waals surface area contributed by atoms with Gasteiger partial charge in [-0.2, -0.15) is 0 Å². The predicted molar refractivity (Wildman–Crippen MR) is 74.5 cm³/mol. The van der Waals surface area contributed by atoms with Gasteiger partial charge >= 0.3 is 5.97 Å². The van der Waals surface area contributed by atoms with Gasteiger partial charge in [-0.05, 0) is 6.42 Å². The average molecular weight is 284 g/mol. The number of carbonyl (C=O) groups is 2. The fourth-order valence-electron chi connectivity index (χ4n) is 1.63. The van der Waals surface area contributed by atoms with Crippen molar-refractivity contribution in [1.29, 1.82) is 0 Å². The molecule has 6 heteroatoms. The highest BCUT2D eigenvalue weighted by Crippen LogP contribution is 2.10. The van der Waals surface area contributed by atoms with Gasteiger partial charge in [0, 0.05) is 24.8 Å². The largest absolute Gasteiger partial charge is 0.476 e. The first-order valence-corrected chi connectivity index (χ1v) is 7.45. The van der Waals surface area contributed by atoms with Crippen LogP contribution in [0, 0.1) is 0 Å². The van der Waals surface area contributed by atoms with Crippen LogP contribution < -0.4 is 5.32 Å². The zero-order valence-electron chi connectivity index (χ0n) is 11.1. The lowest BCUT2D eigenvalue weighted by atomic mass is 10.1. The third-order valence-electron chi connectivity index (χ3n) is 2.69. The summed E-state index contributed by atoms with van der Waals surface area (Å²) in [5.74, 6) is -0.950. The molecule has 106 valence electrons. The Hall–Kier alpha value is -1.43. The molecule has 0 bridgehead atoms. The molecule has 1 heterocycles. The molecule has 0 spiro atoms. The van der Waals surface area contributed by atoms with Gasteiger partial charge in [0.2, 0.25) is 5.91 Å². The second-order valence-electron chi connectivity index (χ2n) is 4.34. The minimum absolute atomic E-state index is 0.0612. The molecule has 1 rings (SSSR count). The zero-order valence-corrected chi connectivity index (χ0v) is 12.0. The van der Waals surface area contributed by atoms with E-state index < -0.39 is 5.97 Å². The van der Waals surface area contributed by atoms with Crippen LogP contribution in [0.1, 0.15) is 54.5 Å². The van der Waals surface area contributed by atoms with E-state index >= 15 is 0 Å². The van der Waals surface area contributed by atoms with Crippen LogP contribution in [0.25, 0.3) is 0 Å². The average Bonchev–Trinajstić information content (AvgIpc) is 2.84. The van der Waals surface area contributed by atoms with Gasteiger partial charge in [0.1, 0.15) is 0 Å². The lowest BCUT2D eigenvalue weighted by Gasteiger charge is -2.03. The molecular formula is C13H20N2O3S.